The van der Waals surface area contributed by atoms with E-state index in [2.05, 4.69) is 9.80 Å². The van der Waals surface area contributed by atoms with Crippen LogP contribution in [0.2, 0.25) is 5.02 Å². The molecule has 2 saturated heterocycles. The van der Waals surface area contributed by atoms with Crippen LogP contribution in [-0.4, -0.2) is 37.1 Å². The van der Waals surface area contributed by atoms with Crippen molar-refractivity contribution in [1.82, 2.24) is 4.90 Å². The molecule has 1 aromatic rings. The Kier molecular flexibility index (Phi) is 3.44. The fraction of sp³-hybridized carbons (Fsp3) is 0.571. The van der Waals surface area contributed by atoms with Crippen LogP contribution in [-0.2, 0) is 0 Å². The van der Waals surface area contributed by atoms with E-state index in [0.717, 1.165) is 31.7 Å². The molecular formula is C14H18ClFN2. The Morgan fingerprint density at radius 2 is 2.00 bits per heavy atom. The molecule has 1 unspecified atom stereocenters. The van der Waals surface area contributed by atoms with Gasteiger partial charge in [-0.2, -0.15) is 0 Å². The highest BCUT2D eigenvalue weighted by Crippen LogP contribution is 2.30. The van der Waals surface area contributed by atoms with Crippen LogP contribution in [0, 0.1) is 5.82 Å². The number of hydrogen-bond acceptors (Lipinski definition) is 2. The summed E-state index contributed by atoms with van der Waals surface area (Å²) in [7, 11) is 0. The number of halogens is 2. The molecule has 0 bridgehead atoms. The van der Waals surface area contributed by atoms with E-state index in [0.29, 0.717) is 11.1 Å². The van der Waals surface area contributed by atoms with E-state index in [1.54, 1.807) is 12.1 Å². The minimum absolute atomic E-state index is 0.207. The van der Waals surface area contributed by atoms with Crippen LogP contribution < -0.4 is 4.90 Å². The summed E-state index contributed by atoms with van der Waals surface area (Å²) >= 11 is 6.20. The standard InChI is InChI=1S/C14H18ClFN2/c15-13-5-4-11(16)9-14(13)18-8-2-7-17-6-1-3-12(17)10-18/h4-5,9,12H,1-3,6-8,10H2. The second-order valence-electron chi connectivity index (χ2n) is 5.23. The molecule has 2 aliphatic rings. The summed E-state index contributed by atoms with van der Waals surface area (Å²) in [6.45, 7) is 4.32. The molecule has 0 aromatic heterocycles. The van der Waals surface area contributed by atoms with E-state index >= 15 is 0 Å². The number of fused-ring (bicyclic) bond motifs is 1. The number of rotatable bonds is 1. The van der Waals surface area contributed by atoms with Crippen LogP contribution in [0.1, 0.15) is 19.3 Å². The van der Waals surface area contributed by atoms with Crippen molar-refractivity contribution in [2.24, 2.45) is 0 Å². The van der Waals surface area contributed by atoms with Gasteiger partial charge < -0.3 is 4.90 Å². The van der Waals surface area contributed by atoms with Crippen LogP contribution in [0.5, 0.6) is 0 Å². The van der Waals surface area contributed by atoms with E-state index < -0.39 is 0 Å². The highest BCUT2D eigenvalue weighted by Gasteiger charge is 2.29. The van der Waals surface area contributed by atoms with Gasteiger partial charge in [-0.1, -0.05) is 11.6 Å². The number of benzene rings is 1. The predicted molar refractivity (Wildman–Crippen MR) is 72.8 cm³/mol. The van der Waals surface area contributed by atoms with Gasteiger partial charge in [0, 0.05) is 25.7 Å². The van der Waals surface area contributed by atoms with Crippen molar-refractivity contribution < 1.29 is 4.39 Å². The molecule has 3 rings (SSSR count). The van der Waals surface area contributed by atoms with Crippen LogP contribution in [0.15, 0.2) is 18.2 Å². The third kappa shape index (κ3) is 2.34. The number of nitrogens with zero attached hydrogens (tertiary/aromatic N) is 2. The van der Waals surface area contributed by atoms with Gasteiger partial charge in [0.2, 0.25) is 0 Å². The Bertz CT molecular complexity index is 438. The Morgan fingerprint density at radius 1 is 1.17 bits per heavy atom. The van der Waals surface area contributed by atoms with Crippen molar-refractivity contribution in [3.8, 4) is 0 Å². The lowest BCUT2D eigenvalue weighted by Gasteiger charge is -2.28. The SMILES string of the molecule is Fc1ccc(Cl)c(N2CCCN3CCCC3C2)c1. The minimum Gasteiger partial charge on any atom is -0.369 e. The minimum atomic E-state index is -0.207. The summed E-state index contributed by atoms with van der Waals surface area (Å²) in [5.74, 6) is -0.207. The molecule has 2 fully saturated rings. The average Bonchev–Trinajstić information content (AvgIpc) is 2.70. The van der Waals surface area contributed by atoms with Gasteiger partial charge in [-0.25, -0.2) is 4.39 Å². The Hall–Kier alpha value is -0.800. The van der Waals surface area contributed by atoms with Gasteiger partial charge in [0.25, 0.3) is 0 Å². The molecule has 2 aliphatic heterocycles. The number of hydrogen-bond donors (Lipinski definition) is 0. The molecule has 2 nitrogen and oxygen atoms in total. The zero-order chi connectivity index (χ0) is 12.5. The molecule has 2 heterocycles. The summed E-state index contributed by atoms with van der Waals surface area (Å²) in [5, 5.41) is 0.655. The van der Waals surface area contributed by atoms with Crippen molar-refractivity contribution in [3.05, 3.63) is 29.0 Å². The Morgan fingerprint density at radius 3 is 2.89 bits per heavy atom. The number of anilines is 1. The zero-order valence-corrected chi connectivity index (χ0v) is 11.2. The summed E-state index contributed by atoms with van der Waals surface area (Å²) in [6, 6.07) is 5.26. The van der Waals surface area contributed by atoms with Crippen molar-refractivity contribution >= 4 is 17.3 Å². The molecule has 0 aliphatic carbocycles. The maximum Gasteiger partial charge on any atom is 0.125 e. The first-order valence-corrected chi connectivity index (χ1v) is 7.06. The van der Waals surface area contributed by atoms with Gasteiger partial charge in [0.15, 0.2) is 0 Å². The molecule has 1 atom stereocenters. The molecule has 0 amide bonds. The summed E-state index contributed by atoms with van der Waals surface area (Å²) < 4.78 is 13.4. The topological polar surface area (TPSA) is 6.48 Å². The lowest BCUT2D eigenvalue weighted by molar-refractivity contribution is 0.273. The predicted octanol–water partition coefficient (Wildman–Crippen LogP) is 3.15. The Balaban J connectivity index is 1.84. The normalized spacial score (nSPS) is 25.0. The fourth-order valence-electron chi connectivity index (χ4n) is 3.15. The molecular weight excluding hydrogens is 251 g/mol. The van der Waals surface area contributed by atoms with Crippen molar-refractivity contribution in [2.45, 2.75) is 25.3 Å². The van der Waals surface area contributed by atoms with Gasteiger partial charge >= 0.3 is 0 Å². The van der Waals surface area contributed by atoms with Crippen LogP contribution in [0.25, 0.3) is 0 Å². The second kappa shape index (κ2) is 5.06. The van der Waals surface area contributed by atoms with Gasteiger partial charge in [-0.15, -0.1) is 0 Å². The highest BCUT2D eigenvalue weighted by molar-refractivity contribution is 6.33. The summed E-state index contributed by atoms with van der Waals surface area (Å²) in [6.07, 6.45) is 3.67. The van der Waals surface area contributed by atoms with Crippen LogP contribution in [0.4, 0.5) is 10.1 Å². The maximum absolute atomic E-state index is 13.4. The fourth-order valence-corrected chi connectivity index (χ4v) is 3.39. The van der Waals surface area contributed by atoms with Gasteiger partial charge in [-0.05, 0) is 44.0 Å². The molecule has 18 heavy (non-hydrogen) atoms. The van der Waals surface area contributed by atoms with E-state index in [4.69, 9.17) is 11.6 Å². The Labute approximate surface area is 112 Å². The first-order valence-electron chi connectivity index (χ1n) is 6.68. The van der Waals surface area contributed by atoms with Crippen LogP contribution in [0.3, 0.4) is 0 Å². The van der Waals surface area contributed by atoms with E-state index in [1.807, 2.05) is 0 Å². The van der Waals surface area contributed by atoms with E-state index in [9.17, 15) is 4.39 Å². The third-order valence-corrected chi connectivity index (χ3v) is 4.37. The van der Waals surface area contributed by atoms with E-state index in [1.165, 1.54) is 25.5 Å². The lowest BCUT2D eigenvalue weighted by atomic mass is 10.2. The molecule has 0 N–H and O–H groups in total. The van der Waals surface area contributed by atoms with E-state index in [-0.39, 0.29) is 5.82 Å². The first-order chi connectivity index (χ1) is 8.74. The van der Waals surface area contributed by atoms with Crippen LogP contribution >= 0.6 is 11.6 Å². The molecule has 0 saturated carbocycles. The zero-order valence-electron chi connectivity index (χ0n) is 10.4. The molecule has 0 radical (unpaired) electrons. The maximum atomic E-state index is 13.4. The quantitative estimate of drug-likeness (QED) is 0.772. The molecule has 4 heteroatoms. The van der Waals surface area contributed by atoms with Crippen molar-refractivity contribution in [3.63, 3.8) is 0 Å². The first kappa shape index (κ1) is 12.2. The molecule has 1 aromatic carbocycles. The largest absolute Gasteiger partial charge is 0.369 e. The average molecular weight is 269 g/mol. The third-order valence-electron chi connectivity index (χ3n) is 4.05. The summed E-state index contributed by atoms with van der Waals surface area (Å²) in [5.41, 5.74) is 0.852. The molecule has 0 spiro atoms. The van der Waals surface area contributed by atoms with Crippen molar-refractivity contribution in [1.29, 1.82) is 0 Å². The second-order valence-corrected chi connectivity index (χ2v) is 5.63. The lowest BCUT2D eigenvalue weighted by Crippen LogP contribution is -2.36. The molecule has 98 valence electrons. The van der Waals surface area contributed by atoms with Crippen molar-refractivity contribution in [2.75, 3.05) is 31.1 Å². The highest BCUT2D eigenvalue weighted by atomic mass is 35.5. The monoisotopic (exact) mass is 268 g/mol. The van der Waals surface area contributed by atoms with Gasteiger partial charge in [0.1, 0.15) is 5.82 Å². The van der Waals surface area contributed by atoms with Gasteiger partial charge in [0.05, 0.1) is 10.7 Å². The summed E-state index contributed by atoms with van der Waals surface area (Å²) in [4.78, 5) is 4.81. The van der Waals surface area contributed by atoms with Gasteiger partial charge in [-0.3, -0.25) is 4.90 Å². The smallest absolute Gasteiger partial charge is 0.125 e.